The third-order valence-electron chi connectivity index (χ3n) is 8.97. The molecule has 0 radical (unpaired) electrons. The number of phenolic OH excluding ortho intramolecular Hbond substituents is 1. The van der Waals surface area contributed by atoms with Crippen LogP contribution >= 0.6 is 0 Å². The number of carbonyl (C=O) groups is 1. The molecule has 5 heteroatoms. The SMILES string of the molecule is C[C@H]1CC[C@@H]2C(C)(C)[C@H](O)CC[C@]2(C)[C@]12Cc1c(O)cc3c(c1O2)CNC3=O. The van der Waals surface area contributed by atoms with Crippen molar-refractivity contribution in [2.45, 2.75) is 78.0 Å². The van der Waals surface area contributed by atoms with Gasteiger partial charge in [0.1, 0.15) is 17.1 Å². The summed E-state index contributed by atoms with van der Waals surface area (Å²) in [5.41, 5.74) is 1.61. The highest BCUT2D eigenvalue weighted by molar-refractivity contribution is 6.00. The summed E-state index contributed by atoms with van der Waals surface area (Å²) in [7, 11) is 0. The fraction of sp³-hybridized carbons (Fsp3) is 0.696. The van der Waals surface area contributed by atoms with Gasteiger partial charge in [-0.05, 0) is 49.0 Å². The summed E-state index contributed by atoms with van der Waals surface area (Å²) in [5, 5.41) is 24.3. The third kappa shape index (κ3) is 1.99. The van der Waals surface area contributed by atoms with Crippen LogP contribution < -0.4 is 10.1 Å². The monoisotopic (exact) mass is 385 g/mol. The number of hydrogen-bond donors (Lipinski definition) is 3. The number of rotatable bonds is 0. The summed E-state index contributed by atoms with van der Waals surface area (Å²) in [6.45, 7) is 9.47. The molecule has 0 saturated heterocycles. The van der Waals surface area contributed by atoms with Crippen LogP contribution in [0.5, 0.6) is 11.5 Å². The molecule has 5 atom stereocenters. The zero-order valence-corrected chi connectivity index (χ0v) is 17.3. The topological polar surface area (TPSA) is 78.8 Å². The van der Waals surface area contributed by atoms with Gasteiger partial charge in [-0.3, -0.25) is 4.79 Å². The van der Waals surface area contributed by atoms with Crippen molar-refractivity contribution >= 4 is 5.91 Å². The largest absolute Gasteiger partial charge is 0.508 e. The molecule has 152 valence electrons. The van der Waals surface area contributed by atoms with Crippen LogP contribution in [0.25, 0.3) is 0 Å². The summed E-state index contributed by atoms with van der Waals surface area (Å²) in [5.74, 6) is 1.46. The van der Waals surface area contributed by atoms with Crippen molar-refractivity contribution < 1.29 is 19.7 Å². The van der Waals surface area contributed by atoms with Crippen LogP contribution in [0.1, 0.15) is 74.9 Å². The lowest BCUT2D eigenvalue weighted by molar-refractivity contribution is -0.210. The molecule has 0 aromatic heterocycles. The Morgan fingerprint density at radius 1 is 1.18 bits per heavy atom. The second-order valence-corrected chi connectivity index (χ2v) is 10.4. The Balaban J connectivity index is 1.65. The van der Waals surface area contributed by atoms with Gasteiger partial charge >= 0.3 is 0 Å². The molecule has 0 unspecified atom stereocenters. The van der Waals surface area contributed by atoms with Crippen LogP contribution in [0.15, 0.2) is 6.07 Å². The van der Waals surface area contributed by atoms with Crippen LogP contribution in [-0.4, -0.2) is 27.8 Å². The molecule has 0 bridgehead atoms. The molecule has 2 saturated carbocycles. The van der Waals surface area contributed by atoms with E-state index in [-0.39, 0.29) is 28.6 Å². The van der Waals surface area contributed by atoms with Gasteiger partial charge in [0.05, 0.1) is 11.7 Å². The molecule has 1 aromatic rings. The maximum absolute atomic E-state index is 12.2. The Labute approximate surface area is 166 Å². The van der Waals surface area contributed by atoms with Gasteiger partial charge in [-0.1, -0.05) is 27.7 Å². The molecule has 3 N–H and O–H groups in total. The fourth-order valence-corrected chi connectivity index (χ4v) is 7.19. The first kappa shape index (κ1) is 18.3. The van der Waals surface area contributed by atoms with Crippen molar-refractivity contribution in [1.29, 1.82) is 0 Å². The first-order chi connectivity index (χ1) is 13.1. The van der Waals surface area contributed by atoms with Crippen LogP contribution in [0.4, 0.5) is 0 Å². The first-order valence-corrected chi connectivity index (χ1v) is 10.6. The van der Waals surface area contributed by atoms with E-state index in [1.807, 2.05) is 0 Å². The molecule has 2 aliphatic heterocycles. The van der Waals surface area contributed by atoms with Crippen molar-refractivity contribution in [2.24, 2.45) is 22.7 Å². The minimum absolute atomic E-state index is 0.0955. The molecule has 1 amide bonds. The Hall–Kier alpha value is -1.75. The van der Waals surface area contributed by atoms with Crippen LogP contribution in [0, 0.1) is 22.7 Å². The van der Waals surface area contributed by atoms with Crippen molar-refractivity contribution in [2.75, 3.05) is 0 Å². The Kier molecular flexibility index (Phi) is 3.55. The number of phenols is 1. The maximum Gasteiger partial charge on any atom is 0.252 e. The van der Waals surface area contributed by atoms with Gasteiger partial charge in [0.25, 0.3) is 5.91 Å². The summed E-state index contributed by atoms with van der Waals surface area (Å²) in [6, 6.07) is 1.61. The fourth-order valence-electron chi connectivity index (χ4n) is 7.19. The molecule has 2 fully saturated rings. The molecule has 4 aliphatic rings. The Morgan fingerprint density at radius 3 is 2.68 bits per heavy atom. The highest BCUT2D eigenvalue weighted by Gasteiger charge is 2.67. The molecule has 1 spiro atoms. The van der Waals surface area contributed by atoms with Gasteiger partial charge in [0.15, 0.2) is 0 Å². The van der Waals surface area contributed by atoms with Gasteiger partial charge in [0.2, 0.25) is 0 Å². The molecule has 5 nitrogen and oxygen atoms in total. The van der Waals surface area contributed by atoms with Gasteiger partial charge in [-0.2, -0.15) is 0 Å². The average molecular weight is 386 g/mol. The predicted octanol–water partition coefficient (Wildman–Crippen LogP) is 3.54. The van der Waals surface area contributed by atoms with E-state index in [4.69, 9.17) is 4.74 Å². The lowest BCUT2D eigenvalue weighted by Gasteiger charge is -2.64. The summed E-state index contributed by atoms with van der Waals surface area (Å²) in [4.78, 5) is 12.2. The molecule has 2 aliphatic carbocycles. The maximum atomic E-state index is 12.2. The van der Waals surface area contributed by atoms with Crippen LogP contribution in [0.3, 0.4) is 0 Å². The van der Waals surface area contributed by atoms with E-state index in [1.54, 1.807) is 6.07 Å². The summed E-state index contributed by atoms with van der Waals surface area (Å²) >= 11 is 0. The minimum Gasteiger partial charge on any atom is -0.508 e. The van der Waals surface area contributed by atoms with E-state index >= 15 is 0 Å². The zero-order chi connectivity index (χ0) is 20.1. The highest BCUT2D eigenvalue weighted by Crippen LogP contribution is 2.67. The van der Waals surface area contributed by atoms with E-state index in [9.17, 15) is 15.0 Å². The van der Waals surface area contributed by atoms with Crippen molar-refractivity contribution in [3.05, 3.63) is 22.8 Å². The standard InChI is InChI=1S/C23H31NO4/c1-12-5-6-17-21(2,3)18(26)7-8-22(17,4)23(12)10-14-16(25)9-13-15(19(14)28-23)11-24-20(13)27/h9,12,17-18,25-26H,5-8,10-11H2,1-4H3,(H,24,27)/t12-,17+,18+,22-,23-/m0/s1. The quantitative estimate of drug-likeness (QED) is 0.638. The van der Waals surface area contributed by atoms with E-state index in [2.05, 4.69) is 33.0 Å². The summed E-state index contributed by atoms with van der Waals surface area (Å²) in [6.07, 6.45) is 4.21. The normalized spacial score (nSPS) is 40.5. The van der Waals surface area contributed by atoms with E-state index in [0.29, 0.717) is 30.4 Å². The van der Waals surface area contributed by atoms with E-state index in [0.717, 1.165) is 42.6 Å². The minimum atomic E-state index is -0.409. The number of ether oxygens (including phenoxy) is 1. The van der Waals surface area contributed by atoms with Crippen LogP contribution in [0.2, 0.25) is 0 Å². The number of aliphatic hydroxyl groups is 1. The number of aliphatic hydroxyl groups excluding tert-OH is 1. The average Bonchev–Trinajstić information content (AvgIpc) is 3.20. The van der Waals surface area contributed by atoms with Gasteiger partial charge in [-0.15, -0.1) is 0 Å². The van der Waals surface area contributed by atoms with Crippen molar-refractivity contribution in [1.82, 2.24) is 5.32 Å². The number of hydrogen-bond acceptors (Lipinski definition) is 4. The number of amides is 1. The molecule has 1 aromatic carbocycles. The van der Waals surface area contributed by atoms with E-state index in [1.165, 1.54) is 0 Å². The van der Waals surface area contributed by atoms with Crippen molar-refractivity contribution in [3.63, 3.8) is 0 Å². The second kappa shape index (κ2) is 5.44. The van der Waals surface area contributed by atoms with Crippen molar-refractivity contribution in [3.8, 4) is 11.5 Å². The number of aromatic hydroxyl groups is 1. The first-order valence-electron chi connectivity index (χ1n) is 10.6. The number of carbonyl (C=O) groups excluding carboxylic acids is 1. The van der Waals surface area contributed by atoms with Gasteiger partial charge < -0.3 is 20.3 Å². The van der Waals surface area contributed by atoms with E-state index < -0.39 is 5.60 Å². The van der Waals surface area contributed by atoms with Gasteiger partial charge in [0, 0.05) is 29.5 Å². The number of benzene rings is 1. The summed E-state index contributed by atoms with van der Waals surface area (Å²) < 4.78 is 6.89. The number of fused-ring (bicyclic) bond motifs is 5. The number of nitrogens with one attached hydrogen (secondary N) is 1. The Bertz CT molecular complexity index is 878. The van der Waals surface area contributed by atoms with Crippen LogP contribution in [-0.2, 0) is 13.0 Å². The zero-order valence-electron chi connectivity index (χ0n) is 17.3. The molecule has 5 rings (SSSR count). The highest BCUT2D eigenvalue weighted by atomic mass is 16.5. The third-order valence-corrected chi connectivity index (χ3v) is 8.97. The predicted molar refractivity (Wildman–Crippen MR) is 105 cm³/mol. The molecule has 2 heterocycles. The molecular formula is C23H31NO4. The second-order valence-electron chi connectivity index (χ2n) is 10.4. The molecule has 28 heavy (non-hydrogen) atoms. The lowest BCUT2D eigenvalue weighted by atomic mass is 9.43. The van der Waals surface area contributed by atoms with Gasteiger partial charge in [-0.25, -0.2) is 0 Å². The smallest absolute Gasteiger partial charge is 0.252 e. The molecular weight excluding hydrogens is 354 g/mol. The lowest BCUT2D eigenvalue weighted by Crippen LogP contribution is -2.66. The Morgan fingerprint density at radius 2 is 1.93 bits per heavy atom.